The van der Waals surface area contributed by atoms with Crippen molar-refractivity contribution in [1.82, 2.24) is 0 Å². The van der Waals surface area contributed by atoms with Crippen molar-refractivity contribution in [2.75, 3.05) is 14.2 Å². The monoisotopic (exact) mass is 235 g/mol. The van der Waals surface area contributed by atoms with Gasteiger partial charge < -0.3 is 9.47 Å². The molecule has 0 aliphatic rings. The molecule has 0 heterocycles. The molecule has 0 amide bonds. The molecule has 0 saturated carbocycles. The third-order valence-electron chi connectivity index (χ3n) is 2.53. The molecule has 92 valence electrons. The van der Waals surface area contributed by atoms with Gasteiger partial charge in [-0.2, -0.15) is 0 Å². The Balaban J connectivity index is 3.05. The number of hydrogen-bond acceptors (Lipinski definition) is 4. The largest absolute Gasteiger partial charge is 0.497 e. The summed E-state index contributed by atoms with van der Waals surface area (Å²) in [5.41, 5.74) is 4.98. The van der Waals surface area contributed by atoms with Crippen LogP contribution in [0.2, 0.25) is 0 Å². The van der Waals surface area contributed by atoms with Gasteiger partial charge in [0, 0.05) is 19.1 Å². The fourth-order valence-corrected chi connectivity index (χ4v) is 1.49. The number of ether oxygens (including phenoxy) is 2. The van der Waals surface area contributed by atoms with E-state index in [0.29, 0.717) is 11.3 Å². The van der Waals surface area contributed by atoms with Gasteiger partial charge in [-0.1, -0.05) is 18.2 Å². The summed E-state index contributed by atoms with van der Waals surface area (Å²) in [4.78, 5) is 12.2. The number of Topliss-reactive ketones (excluding diaryl/α,β-unsaturated/α-hetero) is 1. The van der Waals surface area contributed by atoms with Gasteiger partial charge in [-0.3, -0.25) is 10.5 Å². The average Bonchev–Trinajstić information content (AvgIpc) is 2.38. The van der Waals surface area contributed by atoms with Crippen molar-refractivity contribution in [2.24, 2.45) is 5.73 Å². The highest BCUT2D eigenvalue weighted by Gasteiger charge is 2.33. The van der Waals surface area contributed by atoms with Gasteiger partial charge in [0.1, 0.15) is 5.75 Å². The summed E-state index contributed by atoms with van der Waals surface area (Å²) < 4.78 is 10.1. The molecule has 1 unspecified atom stereocenters. The summed E-state index contributed by atoms with van der Waals surface area (Å²) >= 11 is 0. The zero-order chi connectivity index (χ0) is 12.9. The smallest absolute Gasteiger partial charge is 0.209 e. The Morgan fingerprint density at radius 2 is 2.24 bits per heavy atom. The van der Waals surface area contributed by atoms with Gasteiger partial charge in [0.05, 0.1) is 7.11 Å². The highest BCUT2D eigenvalue weighted by molar-refractivity contribution is 6.02. The standard InChI is InChI=1S/C13H17NO3/c1-4-8-13(14,17-3)12(15)10-6-5-7-11(9-10)16-2/h4-7,9H,1,8,14H2,2-3H3. The Morgan fingerprint density at radius 1 is 1.53 bits per heavy atom. The predicted molar refractivity (Wildman–Crippen MR) is 66.1 cm³/mol. The zero-order valence-corrected chi connectivity index (χ0v) is 10.1. The molecule has 17 heavy (non-hydrogen) atoms. The molecule has 0 saturated heterocycles. The molecule has 0 bridgehead atoms. The fraction of sp³-hybridized carbons (Fsp3) is 0.308. The topological polar surface area (TPSA) is 61.5 Å². The van der Waals surface area contributed by atoms with Crippen LogP contribution in [0, 0.1) is 0 Å². The minimum absolute atomic E-state index is 0.250. The van der Waals surface area contributed by atoms with Crippen molar-refractivity contribution in [2.45, 2.75) is 12.1 Å². The van der Waals surface area contributed by atoms with Crippen LogP contribution in [-0.4, -0.2) is 25.7 Å². The molecule has 0 radical (unpaired) electrons. The normalized spacial score (nSPS) is 13.8. The van der Waals surface area contributed by atoms with Crippen molar-refractivity contribution in [3.05, 3.63) is 42.5 Å². The molecule has 0 spiro atoms. The maximum absolute atomic E-state index is 12.2. The maximum Gasteiger partial charge on any atom is 0.209 e. The van der Waals surface area contributed by atoms with E-state index in [1.807, 2.05) is 0 Å². The summed E-state index contributed by atoms with van der Waals surface area (Å²) in [7, 11) is 2.95. The van der Waals surface area contributed by atoms with Gasteiger partial charge in [-0.05, 0) is 12.1 Å². The van der Waals surface area contributed by atoms with Crippen LogP contribution >= 0.6 is 0 Å². The van der Waals surface area contributed by atoms with Crippen molar-refractivity contribution in [3.63, 3.8) is 0 Å². The molecule has 0 aliphatic carbocycles. The Hall–Kier alpha value is -1.65. The SMILES string of the molecule is C=CCC(N)(OC)C(=O)c1cccc(OC)c1. The maximum atomic E-state index is 12.2. The Morgan fingerprint density at radius 3 is 2.76 bits per heavy atom. The first-order valence-corrected chi connectivity index (χ1v) is 5.21. The quantitative estimate of drug-likeness (QED) is 0.463. The molecular weight excluding hydrogens is 218 g/mol. The highest BCUT2D eigenvalue weighted by Crippen LogP contribution is 2.20. The lowest BCUT2D eigenvalue weighted by Gasteiger charge is -2.25. The number of rotatable bonds is 6. The first-order chi connectivity index (χ1) is 8.07. The predicted octanol–water partition coefficient (Wildman–Crippen LogP) is 1.76. The van der Waals surface area contributed by atoms with Crippen molar-refractivity contribution in [1.29, 1.82) is 0 Å². The second kappa shape index (κ2) is 5.61. The Bertz CT molecular complexity index is 417. The van der Waals surface area contributed by atoms with E-state index in [1.165, 1.54) is 7.11 Å². The third-order valence-corrected chi connectivity index (χ3v) is 2.53. The number of benzene rings is 1. The molecule has 1 aromatic carbocycles. The number of carbonyl (C=O) groups excluding carboxylic acids is 1. The van der Waals surface area contributed by atoms with Crippen LogP contribution in [0.1, 0.15) is 16.8 Å². The highest BCUT2D eigenvalue weighted by atomic mass is 16.5. The Labute approximate surface area is 101 Å². The second-order valence-corrected chi connectivity index (χ2v) is 3.65. The molecule has 4 nitrogen and oxygen atoms in total. The summed E-state index contributed by atoms with van der Waals surface area (Å²) in [6.07, 6.45) is 1.81. The van der Waals surface area contributed by atoms with E-state index >= 15 is 0 Å². The minimum atomic E-state index is -1.37. The van der Waals surface area contributed by atoms with Crippen LogP contribution in [0.4, 0.5) is 0 Å². The van der Waals surface area contributed by atoms with Gasteiger partial charge in [0.25, 0.3) is 0 Å². The van der Waals surface area contributed by atoms with E-state index in [0.717, 1.165) is 0 Å². The van der Waals surface area contributed by atoms with Crippen LogP contribution in [0.3, 0.4) is 0 Å². The number of ketones is 1. The molecule has 0 fully saturated rings. The van der Waals surface area contributed by atoms with E-state index in [2.05, 4.69) is 6.58 Å². The fourth-order valence-electron chi connectivity index (χ4n) is 1.49. The molecule has 1 atom stereocenters. The molecule has 2 N–H and O–H groups in total. The Kier molecular flexibility index (Phi) is 4.43. The van der Waals surface area contributed by atoms with Gasteiger partial charge in [-0.25, -0.2) is 0 Å². The van der Waals surface area contributed by atoms with Crippen LogP contribution in [0.5, 0.6) is 5.75 Å². The van der Waals surface area contributed by atoms with E-state index in [-0.39, 0.29) is 12.2 Å². The van der Waals surface area contributed by atoms with Gasteiger partial charge >= 0.3 is 0 Å². The molecule has 1 rings (SSSR count). The van der Waals surface area contributed by atoms with Crippen molar-refractivity contribution >= 4 is 5.78 Å². The van der Waals surface area contributed by atoms with Crippen molar-refractivity contribution < 1.29 is 14.3 Å². The lowest BCUT2D eigenvalue weighted by Crippen LogP contribution is -2.49. The third kappa shape index (κ3) is 2.93. The van der Waals surface area contributed by atoms with E-state index in [4.69, 9.17) is 15.2 Å². The summed E-state index contributed by atoms with van der Waals surface area (Å²) in [5.74, 6) is 0.312. The van der Waals surface area contributed by atoms with Crippen molar-refractivity contribution in [3.8, 4) is 5.75 Å². The van der Waals surface area contributed by atoms with Gasteiger partial charge in [0.2, 0.25) is 5.78 Å². The minimum Gasteiger partial charge on any atom is -0.497 e. The van der Waals surface area contributed by atoms with E-state index in [1.54, 1.807) is 37.5 Å². The molecular formula is C13H17NO3. The molecule has 1 aromatic rings. The number of nitrogens with two attached hydrogens (primary N) is 1. The van der Waals surface area contributed by atoms with Gasteiger partial charge in [0.15, 0.2) is 5.72 Å². The number of carbonyl (C=O) groups is 1. The van der Waals surface area contributed by atoms with Crippen LogP contribution in [0.25, 0.3) is 0 Å². The van der Waals surface area contributed by atoms with Crippen LogP contribution in [-0.2, 0) is 4.74 Å². The second-order valence-electron chi connectivity index (χ2n) is 3.65. The first kappa shape index (κ1) is 13.4. The zero-order valence-electron chi connectivity index (χ0n) is 10.1. The van der Waals surface area contributed by atoms with E-state index in [9.17, 15) is 4.79 Å². The van der Waals surface area contributed by atoms with Gasteiger partial charge in [-0.15, -0.1) is 6.58 Å². The molecule has 0 aromatic heterocycles. The van der Waals surface area contributed by atoms with Crippen LogP contribution < -0.4 is 10.5 Å². The summed E-state index contributed by atoms with van der Waals surface area (Å²) in [6, 6.07) is 6.80. The number of methoxy groups -OCH3 is 2. The van der Waals surface area contributed by atoms with Crippen LogP contribution in [0.15, 0.2) is 36.9 Å². The number of hydrogen-bond donors (Lipinski definition) is 1. The summed E-state index contributed by atoms with van der Waals surface area (Å²) in [6.45, 7) is 3.57. The molecule has 0 aliphatic heterocycles. The van der Waals surface area contributed by atoms with E-state index < -0.39 is 5.72 Å². The first-order valence-electron chi connectivity index (χ1n) is 5.21. The average molecular weight is 235 g/mol. The molecule has 4 heteroatoms. The lowest BCUT2D eigenvalue weighted by molar-refractivity contribution is 0.00712. The lowest BCUT2D eigenvalue weighted by atomic mass is 9.98. The summed E-state index contributed by atoms with van der Waals surface area (Å²) in [5, 5.41) is 0.